The van der Waals surface area contributed by atoms with Crippen molar-refractivity contribution in [1.29, 1.82) is 5.41 Å². The van der Waals surface area contributed by atoms with Crippen LogP contribution < -0.4 is 10.9 Å². The molecule has 0 saturated carbocycles. The second kappa shape index (κ2) is 8.18. The van der Waals surface area contributed by atoms with E-state index in [-0.39, 0.29) is 26.6 Å². The van der Waals surface area contributed by atoms with Crippen molar-refractivity contribution in [2.24, 2.45) is 0 Å². The number of carbonyl (C=O) groups excluding carboxylic acids is 3. The number of thiophene rings is 1. The molecule has 0 fully saturated rings. The van der Waals surface area contributed by atoms with E-state index in [1.807, 2.05) is 0 Å². The van der Waals surface area contributed by atoms with E-state index in [1.165, 1.54) is 20.3 Å². The molecular formula is C19H15BrN2O6S. The molecule has 0 saturated heterocycles. The van der Waals surface area contributed by atoms with E-state index in [0.29, 0.717) is 16.5 Å². The van der Waals surface area contributed by atoms with Gasteiger partial charge >= 0.3 is 11.9 Å². The average Bonchev–Trinajstić information content (AvgIpc) is 3.02. The molecule has 29 heavy (non-hydrogen) atoms. The maximum atomic E-state index is 12.8. The average molecular weight is 479 g/mol. The quantitative estimate of drug-likeness (QED) is 0.549. The molecule has 8 nitrogen and oxygen atoms in total. The molecule has 1 amide bonds. The molecule has 3 aromatic rings. The van der Waals surface area contributed by atoms with Crippen LogP contribution in [0.3, 0.4) is 0 Å². The molecule has 0 spiro atoms. The summed E-state index contributed by atoms with van der Waals surface area (Å²) in [6.45, 7) is 1.56. The first-order valence-electron chi connectivity index (χ1n) is 8.16. The van der Waals surface area contributed by atoms with E-state index in [1.54, 1.807) is 25.1 Å². The molecule has 0 aliphatic heterocycles. The van der Waals surface area contributed by atoms with Crippen molar-refractivity contribution in [3.63, 3.8) is 0 Å². The summed E-state index contributed by atoms with van der Waals surface area (Å²) < 4.78 is 15.7. The zero-order chi connectivity index (χ0) is 21.3. The predicted octanol–water partition coefficient (Wildman–Crippen LogP) is 3.87. The molecule has 0 atom stereocenters. The van der Waals surface area contributed by atoms with Gasteiger partial charge in [-0.15, -0.1) is 11.3 Å². The van der Waals surface area contributed by atoms with E-state index in [9.17, 15) is 14.4 Å². The molecule has 1 aromatic carbocycles. The molecule has 3 rings (SSSR count). The molecule has 0 aliphatic rings. The van der Waals surface area contributed by atoms with Crippen LogP contribution in [-0.2, 0) is 9.47 Å². The van der Waals surface area contributed by atoms with Gasteiger partial charge in [0.05, 0.1) is 19.8 Å². The Morgan fingerprint density at radius 3 is 2.48 bits per heavy atom. The van der Waals surface area contributed by atoms with Crippen LogP contribution in [0.15, 0.2) is 33.2 Å². The van der Waals surface area contributed by atoms with Crippen LogP contribution in [0.4, 0.5) is 5.00 Å². The van der Waals surface area contributed by atoms with Gasteiger partial charge in [-0.3, -0.25) is 10.2 Å². The lowest BCUT2D eigenvalue weighted by atomic mass is 10.1. The molecule has 150 valence electrons. The number of nitrogens with one attached hydrogen (secondary N) is 2. The van der Waals surface area contributed by atoms with Gasteiger partial charge in [0.25, 0.3) is 5.91 Å². The van der Waals surface area contributed by atoms with Gasteiger partial charge in [-0.05, 0) is 36.8 Å². The van der Waals surface area contributed by atoms with Crippen LogP contribution in [-0.4, -0.2) is 32.1 Å². The Labute approximate surface area is 177 Å². The molecule has 10 heteroatoms. The number of benzene rings is 1. The third kappa shape index (κ3) is 3.94. The van der Waals surface area contributed by atoms with Crippen molar-refractivity contribution < 1.29 is 28.3 Å². The van der Waals surface area contributed by atoms with Crippen molar-refractivity contribution in [1.82, 2.24) is 0 Å². The van der Waals surface area contributed by atoms with Gasteiger partial charge < -0.3 is 19.2 Å². The number of methoxy groups -OCH3 is 2. The van der Waals surface area contributed by atoms with Crippen molar-refractivity contribution in [2.45, 2.75) is 6.92 Å². The van der Waals surface area contributed by atoms with Crippen LogP contribution in [0.25, 0.3) is 11.0 Å². The van der Waals surface area contributed by atoms with Gasteiger partial charge in [-0.2, -0.15) is 0 Å². The number of ether oxygens (including phenoxy) is 2. The molecule has 0 radical (unpaired) electrons. The molecule has 0 unspecified atom stereocenters. The largest absolute Gasteiger partial charge is 0.465 e. The standard InChI is InChI=1S/C19H15BrN2O6S/c1-8-13(18(24)26-2)17(29-14(8)19(25)27-3)22-16(23)11-7-9-6-10(20)4-5-12(9)28-15(11)21/h4-7,21H,1-3H3,(H,22,23). The SMILES string of the molecule is COC(=O)c1sc(NC(=O)c2cc3cc(Br)ccc3oc2=N)c(C(=O)OC)c1C. The van der Waals surface area contributed by atoms with E-state index in [2.05, 4.69) is 21.2 Å². The van der Waals surface area contributed by atoms with Crippen molar-refractivity contribution in [3.05, 3.63) is 55.9 Å². The number of esters is 2. The summed E-state index contributed by atoms with van der Waals surface area (Å²) in [4.78, 5) is 37.2. The molecule has 2 N–H and O–H groups in total. The van der Waals surface area contributed by atoms with Gasteiger partial charge in [0.2, 0.25) is 5.55 Å². The number of rotatable bonds is 4. The van der Waals surface area contributed by atoms with Gasteiger partial charge in [-0.1, -0.05) is 15.9 Å². The summed E-state index contributed by atoms with van der Waals surface area (Å²) in [5.74, 6) is -2.00. The highest BCUT2D eigenvalue weighted by Gasteiger charge is 2.27. The summed E-state index contributed by atoms with van der Waals surface area (Å²) in [5.41, 5.74) is 0.473. The van der Waals surface area contributed by atoms with Crippen LogP contribution in [0.2, 0.25) is 0 Å². The van der Waals surface area contributed by atoms with Crippen molar-refractivity contribution in [3.8, 4) is 0 Å². The fourth-order valence-corrected chi connectivity index (χ4v) is 4.17. The lowest BCUT2D eigenvalue weighted by molar-refractivity contribution is 0.0601. The van der Waals surface area contributed by atoms with Gasteiger partial charge in [0.1, 0.15) is 21.0 Å². The smallest absolute Gasteiger partial charge is 0.348 e. The maximum Gasteiger partial charge on any atom is 0.348 e. The predicted molar refractivity (Wildman–Crippen MR) is 109 cm³/mol. The Hall–Kier alpha value is -2.98. The van der Waals surface area contributed by atoms with E-state index < -0.39 is 17.8 Å². The number of hydrogen-bond acceptors (Lipinski definition) is 8. The van der Waals surface area contributed by atoms with Crippen molar-refractivity contribution in [2.75, 3.05) is 19.5 Å². The van der Waals surface area contributed by atoms with E-state index in [4.69, 9.17) is 19.3 Å². The lowest BCUT2D eigenvalue weighted by Gasteiger charge is -2.07. The minimum atomic E-state index is -0.706. The number of fused-ring (bicyclic) bond motifs is 1. The lowest BCUT2D eigenvalue weighted by Crippen LogP contribution is -2.21. The Morgan fingerprint density at radius 2 is 1.83 bits per heavy atom. The highest BCUT2D eigenvalue weighted by molar-refractivity contribution is 9.10. The monoisotopic (exact) mass is 478 g/mol. The molecular weight excluding hydrogens is 464 g/mol. The second-order valence-corrected chi connectivity index (χ2v) is 7.81. The fraction of sp³-hybridized carbons (Fsp3) is 0.158. The minimum Gasteiger partial charge on any atom is -0.465 e. The summed E-state index contributed by atoms with van der Waals surface area (Å²) in [6, 6.07) is 6.70. The third-order valence-electron chi connectivity index (χ3n) is 4.11. The maximum absolute atomic E-state index is 12.8. The number of carbonyl (C=O) groups is 3. The first kappa shape index (κ1) is 20.7. The Bertz CT molecular complexity index is 1210. The Morgan fingerprint density at radius 1 is 1.14 bits per heavy atom. The normalized spacial score (nSPS) is 10.6. The summed E-state index contributed by atoms with van der Waals surface area (Å²) in [5, 5.41) is 11.3. The van der Waals surface area contributed by atoms with Crippen LogP contribution >= 0.6 is 27.3 Å². The Kier molecular flexibility index (Phi) is 5.85. The zero-order valence-corrected chi connectivity index (χ0v) is 17.9. The number of hydrogen-bond donors (Lipinski definition) is 2. The highest BCUT2D eigenvalue weighted by Crippen LogP contribution is 2.34. The summed E-state index contributed by atoms with van der Waals surface area (Å²) in [6.07, 6.45) is 0. The van der Waals surface area contributed by atoms with Crippen LogP contribution in [0.1, 0.15) is 36.0 Å². The number of anilines is 1. The summed E-state index contributed by atoms with van der Waals surface area (Å²) >= 11 is 4.24. The molecule has 2 aromatic heterocycles. The van der Waals surface area contributed by atoms with Gasteiger partial charge in [0.15, 0.2) is 0 Å². The first-order valence-corrected chi connectivity index (χ1v) is 9.77. The van der Waals surface area contributed by atoms with Gasteiger partial charge in [0, 0.05) is 9.86 Å². The highest BCUT2D eigenvalue weighted by atomic mass is 79.9. The fourth-order valence-electron chi connectivity index (χ4n) is 2.69. The molecule has 0 aliphatic carbocycles. The molecule has 0 bridgehead atoms. The van der Waals surface area contributed by atoms with E-state index in [0.717, 1.165) is 15.8 Å². The summed E-state index contributed by atoms with van der Waals surface area (Å²) in [7, 11) is 2.42. The second-order valence-electron chi connectivity index (χ2n) is 5.87. The van der Waals surface area contributed by atoms with E-state index >= 15 is 0 Å². The Balaban J connectivity index is 2.06. The number of amides is 1. The number of halogens is 1. The third-order valence-corrected chi connectivity index (χ3v) is 5.79. The zero-order valence-electron chi connectivity index (χ0n) is 15.5. The van der Waals surface area contributed by atoms with Crippen molar-refractivity contribution >= 4 is 61.1 Å². The topological polar surface area (TPSA) is 119 Å². The first-order chi connectivity index (χ1) is 13.8. The minimum absolute atomic E-state index is 0.0305. The van der Waals surface area contributed by atoms with Crippen LogP contribution in [0, 0.1) is 12.3 Å². The van der Waals surface area contributed by atoms with Crippen LogP contribution in [0.5, 0.6) is 0 Å². The molecule has 2 heterocycles. The van der Waals surface area contributed by atoms with Gasteiger partial charge in [-0.25, -0.2) is 9.59 Å².